The Kier molecular flexibility index (Phi) is 9.39. The lowest BCUT2D eigenvalue weighted by Gasteiger charge is -2.26. The second-order valence-corrected chi connectivity index (χ2v) is 6.50. The van der Waals surface area contributed by atoms with E-state index in [0.717, 1.165) is 57.0 Å². The fraction of sp³-hybridized carbons (Fsp3) is 0.524. The Hall–Kier alpha value is -2.36. The van der Waals surface area contributed by atoms with Crippen LogP contribution in [0.15, 0.2) is 29.8 Å². The van der Waals surface area contributed by atoms with E-state index in [9.17, 15) is 10.1 Å². The summed E-state index contributed by atoms with van der Waals surface area (Å²) in [6.07, 6.45) is 4.97. The van der Waals surface area contributed by atoms with Crippen LogP contribution in [0.5, 0.6) is 5.75 Å². The molecule has 0 saturated carbocycles. The van der Waals surface area contributed by atoms with Gasteiger partial charge >= 0.3 is 0 Å². The van der Waals surface area contributed by atoms with Gasteiger partial charge in [-0.1, -0.05) is 31.9 Å². The second-order valence-electron chi connectivity index (χ2n) is 6.50. The van der Waals surface area contributed by atoms with Gasteiger partial charge in [-0.15, -0.1) is 0 Å². The van der Waals surface area contributed by atoms with Crippen LogP contribution in [-0.4, -0.2) is 56.8 Å². The Bertz CT molecular complexity index is 644. The average molecular weight is 371 g/mol. The van der Waals surface area contributed by atoms with Crippen molar-refractivity contribution < 1.29 is 14.3 Å². The standard InChI is InChI=1S/C21H29N3O3/c1-2-3-4-13-27-20-7-5-18(6-8-20)16-19(17-22)21(25)23-9-10-24-11-14-26-15-12-24/h5-8,16H,2-4,9-15H2,1H3,(H,23,25). The molecule has 6 nitrogen and oxygen atoms in total. The highest BCUT2D eigenvalue weighted by molar-refractivity contribution is 6.01. The lowest BCUT2D eigenvalue weighted by atomic mass is 10.1. The molecule has 0 aromatic heterocycles. The van der Waals surface area contributed by atoms with Crippen LogP contribution in [0.1, 0.15) is 31.7 Å². The SMILES string of the molecule is CCCCCOc1ccc(C=C(C#N)C(=O)NCCN2CCOCC2)cc1. The quantitative estimate of drug-likeness (QED) is 0.389. The molecule has 1 fully saturated rings. The van der Waals surface area contributed by atoms with Crippen molar-refractivity contribution in [2.45, 2.75) is 26.2 Å². The van der Waals surface area contributed by atoms with Crippen LogP contribution in [0.25, 0.3) is 6.08 Å². The maximum atomic E-state index is 12.2. The number of amides is 1. The maximum Gasteiger partial charge on any atom is 0.261 e. The topological polar surface area (TPSA) is 74.6 Å². The minimum Gasteiger partial charge on any atom is -0.494 e. The van der Waals surface area contributed by atoms with Gasteiger partial charge in [0, 0.05) is 26.2 Å². The Morgan fingerprint density at radius 3 is 2.70 bits per heavy atom. The largest absolute Gasteiger partial charge is 0.494 e. The predicted octanol–water partition coefficient (Wildman–Crippen LogP) is 2.61. The highest BCUT2D eigenvalue weighted by atomic mass is 16.5. The molecule has 0 atom stereocenters. The molecule has 1 saturated heterocycles. The van der Waals surface area contributed by atoms with Crippen molar-refractivity contribution in [2.24, 2.45) is 0 Å². The minimum atomic E-state index is -0.342. The van der Waals surface area contributed by atoms with E-state index in [1.54, 1.807) is 6.08 Å². The number of morpholine rings is 1. The van der Waals surface area contributed by atoms with Crippen molar-refractivity contribution in [3.63, 3.8) is 0 Å². The molecule has 1 aliphatic rings. The van der Waals surface area contributed by atoms with E-state index in [1.165, 1.54) is 6.42 Å². The highest BCUT2D eigenvalue weighted by Crippen LogP contribution is 2.15. The molecule has 1 aromatic carbocycles. The Labute approximate surface area is 161 Å². The predicted molar refractivity (Wildman–Crippen MR) is 105 cm³/mol. The number of nitriles is 1. The lowest BCUT2D eigenvalue weighted by molar-refractivity contribution is -0.117. The van der Waals surface area contributed by atoms with Gasteiger partial charge in [-0.2, -0.15) is 5.26 Å². The molecule has 0 spiro atoms. The zero-order chi connectivity index (χ0) is 19.3. The summed E-state index contributed by atoms with van der Waals surface area (Å²) >= 11 is 0. The third-order valence-corrected chi connectivity index (χ3v) is 4.39. The van der Waals surface area contributed by atoms with Gasteiger partial charge in [-0.05, 0) is 30.2 Å². The maximum absolute atomic E-state index is 12.2. The van der Waals surface area contributed by atoms with Gasteiger partial charge in [0.25, 0.3) is 5.91 Å². The first-order valence-electron chi connectivity index (χ1n) is 9.66. The first-order chi connectivity index (χ1) is 13.2. The fourth-order valence-corrected chi connectivity index (χ4v) is 2.77. The van der Waals surface area contributed by atoms with Gasteiger partial charge in [-0.3, -0.25) is 9.69 Å². The van der Waals surface area contributed by atoms with Crippen LogP contribution in [0.2, 0.25) is 0 Å². The smallest absolute Gasteiger partial charge is 0.261 e. The van der Waals surface area contributed by atoms with Crippen molar-refractivity contribution in [3.8, 4) is 11.8 Å². The summed E-state index contributed by atoms with van der Waals surface area (Å²) in [5.41, 5.74) is 0.907. The van der Waals surface area contributed by atoms with Crippen LogP contribution < -0.4 is 10.1 Å². The van der Waals surface area contributed by atoms with Crippen LogP contribution in [0.3, 0.4) is 0 Å². The molecule has 1 heterocycles. The number of unbranched alkanes of at least 4 members (excludes halogenated alkanes) is 2. The molecule has 6 heteroatoms. The molecule has 1 aromatic rings. The Morgan fingerprint density at radius 1 is 1.30 bits per heavy atom. The Morgan fingerprint density at radius 2 is 2.04 bits per heavy atom. The summed E-state index contributed by atoms with van der Waals surface area (Å²) in [6, 6.07) is 9.42. The summed E-state index contributed by atoms with van der Waals surface area (Å²) in [5.74, 6) is 0.461. The van der Waals surface area contributed by atoms with Gasteiger partial charge in [0.15, 0.2) is 0 Å². The van der Waals surface area contributed by atoms with E-state index < -0.39 is 0 Å². The number of nitrogens with one attached hydrogen (secondary N) is 1. The second kappa shape index (κ2) is 12.1. The monoisotopic (exact) mass is 371 g/mol. The van der Waals surface area contributed by atoms with Crippen molar-refractivity contribution in [1.82, 2.24) is 10.2 Å². The van der Waals surface area contributed by atoms with Gasteiger partial charge in [0.1, 0.15) is 17.4 Å². The van der Waals surface area contributed by atoms with Crippen LogP contribution in [0, 0.1) is 11.3 Å². The first-order valence-corrected chi connectivity index (χ1v) is 9.66. The number of hydrogen-bond acceptors (Lipinski definition) is 5. The van der Waals surface area contributed by atoms with Crippen LogP contribution in [-0.2, 0) is 9.53 Å². The van der Waals surface area contributed by atoms with E-state index in [2.05, 4.69) is 17.1 Å². The zero-order valence-electron chi connectivity index (χ0n) is 16.1. The normalized spacial score (nSPS) is 15.2. The summed E-state index contributed by atoms with van der Waals surface area (Å²) in [6.45, 7) is 7.36. The van der Waals surface area contributed by atoms with Crippen LogP contribution >= 0.6 is 0 Å². The average Bonchev–Trinajstić information content (AvgIpc) is 2.71. The fourth-order valence-electron chi connectivity index (χ4n) is 2.77. The molecule has 1 N–H and O–H groups in total. The van der Waals surface area contributed by atoms with Gasteiger partial charge in [0.05, 0.1) is 19.8 Å². The molecular formula is C21H29N3O3. The van der Waals surface area contributed by atoms with E-state index in [4.69, 9.17) is 9.47 Å². The molecule has 1 aliphatic heterocycles. The van der Waals surface area contributed by atoms with Gasteiger partial charge < -0.3 is 14.8 Å². The summed E-state index contributed by atoms with van der Waals surface area (Å²) < 4.78 is 11.0. The van der Waals surface area contributed by atoms with Gasteiger partial charge in [0.2, 0.25) is 0 Å². The zero-order valence-corrected chi connectivity index (χ0v) is 16.1. The van der Waals surface area contributed by atoms with Gasteiger partial charge in [-0.25, -0.2) is 0 Å². The minimum absolute atomic E-state index is 0.105. The number of carbonyl (C=O) groups is 1. The number of ether oxygens (including phenoxy) is 2. The number of benzene rings is 1. The molecule has 146 valence electrons. The molecule has 2 rings (SSSR count). The van der Waals surface area contributed by atoms with Crippen LogP contribution in [0.4, 0.5) is 0 Å². The molecule has 1 amide bonds. The number of carbonyl (C=O) groups excluding carboxylic acids is 1. The summed E-state index contributed by atoms with van der Waals surface area (Å²) in [4.78, 5) is 14.5. The van der Waals surface area contributed by atoms with E-state index in [0.29, 0.717) is 13.2 Å². The third-order valence-electron chi connectivity index (χ3n) is 4.39. The molecule has 0 aliphatic carbocycles. The molecule has 0 bridgehead atoms. The van der Waals surface area contributed by atoms with Crippen molar-refractivity contribution in [1.29, 1.82) is 5.26 Å². The molecule has 0 radical (unpaired) electrons. The van der Waals surface area contributed by atoms with E-state index >= 15 is 0 Å². The third kappa shape index (κ3) is 7.81. The molecule has 0 unspecified atom stereocenters. The molecular weight excluding hydrogens is 342 g/mol. The Balaban J connectivity index is 1.81. The number of rotatable bonds is 10. The number of nitrogens with zero attached hydrogens (tertiary/aromatic N) is 2. The molecule has 27 heavy (non-hydrogen) atoms. The lowest BCUT2D eigenvalue weighted by Crippen LogP contribution is -2.41. The first kappa shape index (κ1) is 20.9. The van der Waals surface area contributed by atoms with Crippen molar-refractivity contribution >= 4 is 12.0 Å². The van der Waals surface area contributed by atoms with Crippen molar-refractivity contribution in [2.75, 3.05) is 46.0 Å². The van der Waals surface area contributed by atoms with E-state index in [-0.39, 0.29) is 11.5 Å². The summed E-state index contributed by atoms with van der Waals surface area (Å²) in [5, 5.41) is 12.1. The van der Waals surface area contributed by atoms with Crippen molar-refractivity contribution in [3.05, 3.63) is 35.4 Å². The highest BCUT2D eigenvalue weighted by Gasteiger charge is 2.12. The summed E-state index contributed by atoms with van der Waals surface area (Å²) in [7, 11) is 0. The van der Waals surface area contributed by atoms with E-state index in [1.807, 2.05) is 30.3 Å². The number of hydrogen-bond donors (Lipinski definition) is 1.